The van der Waals surface area contributed by atoms with Crippen LogP contribution in [0.25, 0.3) is 0 Å². The van der Waals surface area contributed by atoms with Crippen molar-refractivity contribution in [2.45, 2.75) is 17.4 Å². The zero-order chi connectivity index (χ0) is 11.1. The summed E-state index contributed by atoms with van der Waals surface area (Å²) in [5, 5.41) is 0. The van der Waals surface area contributed by atoms with Gasteiger partial charge in [0.1, 0.15) is 5.82 Å². The van der Waals surface area contributed by atoms with E-state index in [9.17, 15) is 4.39 Å². The van der Waals surface area contributed by atoms with Gasteiger partial charge in [0.25, 0.3) is 0 Å². The minimum absolute atomic E-state index is 0.132. The van der Waals surface area contributed by atoms with Crippen molar-refractivity contribution >= 4 is 11.8 Å². The minimum atomic E-state index is -0.183. The van der Waals surface area contributed by atoms with Crippen LogP contribution in [0, 0.1) is 5.82 Å². The van der Waals surface area contributed by atoms with Crippen LogP contribution in [0.1, 0.15) is 6.42 Å². The average Bonchev–Trinajstić information content (AvgIpc) is 2.26. The third kappa shape index (κ3) is 4.03. The quantitative estimate of drug-likeness (QED) is 0.338. The Labute approximate surface area is 93.7 Å². The lowest BCUT2D eigenvalue weighted by Gasteiger charge is -2.13. The standard InChI is InChI=1S/C11H15FN2S/c1-2-5-9(14-13)8-15-11-7-4-3-6-10(11)12/h2-4,6-7,9,14H,1,5,8,13H2. The first-order valence-corrected chi connectivity index (χ1v) is 5.71. The molecular weight excluding hydrogens is 211 g/mol. The number of rotatable bonds is 6. The van der Waals surface area contributed by atoms with Crippen LogP contribution < -0.4 is 11.3 Å². The van der Waals surface area contributed by atoms with E-state index in [0.29, 0.717) is 4.90 Å². The second kappa shape index (κ2) is 6.61. The van der Waals surface area contributed by atoms with Crippen molar-refractivity contribution in [2.75, 3.05) is 5.75 Å². The number of thioether (sulfide) groups is 1. The largest absolute Gasteiger partial charge is 0.271 e. The zero-order valence-corrected chi connectivity index (χ0v) is 9.27. The molecule has 4 heteroatoms. The minimum Gasteiger partial charge on any atom is -0.271 e. The molecule has 0 aliphatic rings. The molecule has 1 rings (SSSR count). The Balaban J connectivity index is 2.48. The Morgan fingerprint density at radius 1 is 1.53 bits per heavy atom. The molecule has 15 heavy (non-hydrogen) atoms. The van der Waals surface area contributed by atoms with Crippen LogP contribution in [0.4, 0.5) is 4.39 Å². The van der Waals surface area contributed by atoms with Gasteiger partial charge in [-0.1, -0.05) is 18.2 Å². The van der Waals surface area contributed by atoms with Gasteiger partial charge in [-0.25, -0.2) is 4.39 Å². The van der Waals surface area contributed by atoms with Gasteiger partial charge in [0.15, 0.2) is 0 Å². The lowest BCUT2D eigenvalue weighted by molar-refractivity contribution is 0.582. The average molecular weight is 226 g/mol. The molecule has 0 bridgehead atoms. The smallest absolute Gasteiger partial charge is 0.136 e. The van der Waals surface area contributed by atoms with Crippen LogP contribution in [-0.4, -0.2) is 11.8 Å². The number of hydrogen-bond acceptors (Lipinski definition) is 3. The highest BCUT2D eigenvalue weighted by molar-refractivity contribution is 7.99. The Morgan fingerprint density at radius 3 is 2.87 bits per heavy atom. The molecule has 0 heterocycles. The van der Waals surface area contributed by atoms with Crippen molar-refractivity contribution in [1.82, 2.24) is 5.43 Å². The molecule has 0 saturated carbocycles. The molecule has 0 aliphatic heterocycles. The molecule has 0 aliphatic carbocycles. The van der Waals surface area contributed by atoms with Gasteiger partial charge in [0, 0.05) is 16.7 Å². The molecule has 0 radical (unpaired) electrons. The highest BCUT2D eigenvalue weighted by atomic mass is 32.2. The Hall–Kier alpha value is -0.840. The van der Waals surface area contributed by atoms with E-state index in [0.717, 1.165) is 12.2 Å². The maximum Gasteiger partial charge on any atom is 0.136 e. The Bertz CT molecular complexity index is 317. The van der Waals surface area contributed by atoms with E-state index < -0.39 is 0 Å². The molecule has 0 aromatic heterocycles. The first kappa shape index (κ1) is 12.2. The van der Waals surface area contributed by atoms with E-state index in [1.54, 1.807) is 18.2 Å². The SMILES string of the molecule is C=CCC(CSc1ccccc1F)NN. The summed E-state index contributed by atoms with van der Waals surface area (Å²) in [4.78, 5) is 0.654. The Morgan fingerprint density at radius 2 is 2.27 bits per heavy atom. The van der Waals surface area contributed by atoms with Crippen LogP contribution >= 0.6 is 11.8 Å². The third-order valence-electron chi connectivity index (χ3n) is 1.96. The van der Waals surface area contributed by atoms with Crippen LogP contribution in [0.15, 0.2) is 41.8 Å². The van der Waals surface area contributed by atoms with Gasteiger partial charge in [-0.2, -0.15) is 0 Å². The van der Waals surface area contributed by atoms with Crippen LogP contribution in [0.2, 0.25) is 0 Å². The van der Waals surface area contributed by atoms with Gasteiger partial charge in [0.05, 0.1) is 0 Å². The van der Waals surface area contributed by atoms with Gasteiger partial charge in [-0.05, 0) is 18.6 Å². The molecule has 1 atom stereocenters. The summed E-state index contributed by atoms with van der Waals surface area (Å²) >= 11 is 1.45. The molecular formula is C11H15FN2S. The molecule has 0 saturated heterocycles. The molecule has 82 valence electrons. The van der Waals surface area contributed by atoms with Crippen molar-refractivity contribution in [3.63, 3.8) is 0 Å². The predicted octanol–water partition coefficient (Wildman–Crippen LogP) is 2.33. The lowest BCUT2D eigenvalue weighted by Crippen LogP contribution is -2.36. The third-order valence-corrected chi connectivity index (χ3v) is 3.17. The molecule has 1 aromatic carbocycles. The number of hydrazine groups is 1. The summed E-state index contributed by atoms with van der Waals surface area (Å²) in [6.07, 6.45) is 2.57. The summed E-state index contributed by atoms with van der Waals surface area (Å²) in [5.74, 6) is 5.90. The van der Waals surface area contributed by atoms with Gasteiger partial charge < -0.3 is 0 Å². The first-order chi connectivity index (χ1) is 7.27. The summed E-state index contributed by atoms with van der Waals surface area (Å²) in [5.41, 5.74) is 2.68. The first-order valence-electron chi connectivity index (χ1n) is 4.72. The van der Waals surface area contributed by atoms with E-state index in [2.05, 4.69) is 12.0 Å². The van der Waals surface area contributed by atoms with E-state index in [1.165, 1.54) is 17.8 Å². The normalized spacial score (nSPS) is 12.4. The van der Waals surface area contributed by atoms with Crippen molar-refractivity contribution < 1.29 is 4.39 Å². The zero-order valence-electron chi connectivity index (χ0n) is 8.45. The van der Waals surface area contributed by atoms with Crippen molar-refractivity contribution in [3.05, 3.63) is 42.7 Å². The number of nitrogens with one attached hydrogen (secondary N) is 1. The fourth-order valence-corrected chi connectivity index (χ4v) is 2.13. The van der Waals surface area contributed by atoms with Crippen molar-refractivity contribution in [1.29, 1.82) is 0 Å². The molecule has 2 nitrogen and oxygen atoms in total. The van der Waals surface area contributed by atoms with E-state index in [-0.39, 0.29) is 11.9 Å². The fourth-order valence-electron chi connectivity index (χ4n) is 1.14. The Kier molecular flexibility index (Phi) is 5.39. The second-order valence-corrected chi connectivity index (χ2v) is 4.19. The number of hydrogen-bond donors (Lipinski definition) is 2. The van der Waals surface area contributed by atoms with Gasteiger partial charge >= 0.3 is 0 Å². The van der Waals surface area contributed by atoms with Gasteiger partial charge in [-0.3, -0.25) is 11.3 Å². The van der Waals surface area contributed by atoms with E-state index in [1.807, 2.05) is 6.07 Å². The molecule has 0 amide bonds. The topological polar surface area (TPSA) is 38.0 Å². The van der Waals surface area contributed by atoms with Crippen molar-refractivity contribution in [3.8, 4) is 0 Å². The van der Waals surface area contributed by atoms with Gasteiger partial charge in [0.2, 0.25) is 0 Å². The summed E-state index contributed by atoms with van der Waals surface area (Å²) in [6, 6.07) is 6.86. The fraction of sp³-hybridized carbons (Fsp3) is 0.273. The predicted molar refractivity (Wildman–Crippen MR) is 63.0 cm³/mol. The van der Waals surface area contributed by atoms with Crippen LogP contribution in [-0.2, 0) is 0 Å². The molecule has 1 unspecified atom stereocenters. The monoisotopic (exact) mass is 226 g/mol. The van der Waals surface area contributed by atoms with Gasteiger partial charge in [-0.15, -0.1) is 18.3 Å². The second-order valence-electron chi connectivity index (χ2n) is 3.13. The maximum absolute atomic E-state index is 13.2. The molecule has 1 aromatic rings. The molecule has 0 spiro atoms. The van der Waals surface area contributed by atoms with E-state index >= 15 is 0 Å². The summed E-state index contributed by atoms with van der Waals surface area (Å²) in [7, 11) is 0. The number of benzene rings is 1. The van der Waals surface area contributed by atoms with Crippen LogP contribution in [0.3, 0.4) is 0 Å². The molecule has 3 N–H and O–H groups in total. The highest BCUT2D eigenvalue weighted by Gasteiger charge is 2.07. The number of halogens is 1. The highest BCUT2D eigenvalue weighted by Crippen LogP contribution is 2.22. The van der Waals surface area contributed by atoms with E-state index in [4.69, 9.17) is 5.84 Å². The lowest BCUT2D eigenvalue weighted by atomic mass is 10.2. The van der Waals surface area contributed by atoms with Crippen LogP contribution in [0.5, 0.6) is 0 Å². The summed E-state index contributed by atoms with van der Waals surface area (Å²) in [6.45, 7) is 3.64. The van der Waals surface area contributed by atoms with Crippen molar-refractivity contribution in [2.24, 2.45) is 5.84 Å². The molecule has 0 fully saturated rings. The maximum atomic E-state index is 13.2. The summed E-state index contributed by atoms with van der Waals surface area (Å²) < 4.78 is 13.2. The number of nitrogens with two attached hydrogens (primary N) is 1.